The van der Waals surface area contributed by atoms with Crippen LogP contribution in [-0.2, 0) is 10.2 Å². The van der Waals surface area contributed by atoms with Gasteiger partial charge in [-0.05, 0) is 57.0 Å². The van der Waals surface area contributed by atoms with E-state index in [2.05, 4.69) is 24.8 Å². The van der Waals surface area contributed by atoms with Crippen LogP contribution < -0.4 is 34.3 Å². The Balaban J connectivity index is 1.28. The molecule has 0 aliphatic carbocycles. The molecule has 6 rings (SSSR count). The third-order valence-electron chi connectivity index (χ3n) is 7.67. The summed E-state index contributed by atoms with van der Waals surface area (Å²) < 4.78 is 90.7. The molecule has 0 bridgehead atoms. The van der Waals surface area contributed by atoms with Crippen LogP contribution in [0.25, 0.3) is 0 Å². The van der Waals surface area contributed by atoms with Crippen LogP contribution >= 0.6 is 0 Å². The summed E-state index contributed by atoms with van der Waals surface area (Å²) in [5.41, 5.74) is -0.388. The van der Waals surface area contributed by atoms with Gasteiger partial charge in [0.1, 0.15) is 35.4 Å². The van der Waals surface area contributed by atoms with Crippen LogP contribution in [0.3, 0.4) is 0 Å². The van der Waals surface area contributed by atoms with Gasteiger partial charge in [0, 0.05) is 29.7 Å². The molecule has 2 N–H and O–H groups in total. The van der Waals surface area contributed by atoms with Gasteiger partial charge < -0.3 is 34.3 Å². The topological polar surface area (TPSA) is 87.3 Å². The van der Waals surface area contributed by atoms with E-state index in [9.17, 15) is 26.7 Å². The van der Waals surface area contributed by atoms with Gasteiger partial charge in [-0.25, -0.2) is 0 Å². The molecule has 0 aromatic heterocycles. The largest absolute Gasteiger partial charge is 0.586 e. The van der Waals surface area contributed by atoms with Gasteiger partial charge in [-0.2, -0.15) is 0 Å². The van der Waals surface area contributed by atoms with Gasteiger partial charge in [0.25, 0.3) is 0 Å². The number of benzene rings is 2. The quantitative estimate of drug-likeness (QED) is 0.534. The number of nitrogens with one attached hydrogen (secondary N) is 2. The van der Waals surface area contributed by atoms with E-state index in [-0.39, 0.29) is 41.6 Å². The maximum Gasteiger partial charge on any atom is 0.586 e. The summed E-state index contributed by atoms with van der Waals surface area (Å²) in [6, 6.07) is 5.81. The SMILES string of the molecule is C[C@]1(C(=O)N[C@@H]2C[C@H](C3CCNCC3)Oc3cc(OC(F)(F)F)ccc32)COc2cc3c(cc21)OC(F)(F)O3. The predicted molar refractivity (Wildman–Crippen MR) is 124 cm³/mol. The van der Waals surface area contributed by atoms with Crippen LogP contribution in [-0.4, -0.2) is 44.4 Å². The number of hydrogen-bond acceptors (Lipinski definition) is 7. The minimum absolute atomic E-state index is 0.0559. The van der Waals surface area contributed by atoms with E-state index >= 15 is 0 Å². The maximum absolute atomic E-state index is 13.7. The first-order chi connectivity index (χ1) is 18.4. The molecule has 4 aliphatic rings. The summed E-state index contributed by atoms with van der Waals surface area (Å²) in [6.07, 6.45) is -7.00. The van der Waals surface area contributed by atoms with E-state index in [1.165, 1.54) is 30.3 Å². The smallest absolute Gasteiger partial charge is 0.492 e. The molecule has 1 saturated heterocycles. The summed E-state index contributed by atoms with van der Waals surface area (Å²) in [6.45, 7) is 3.14. The molecule has 2 aromatic carbocycles. The Kier molecular flexibility index (Phi) is 5.97. The predicted octanol–water partition coefficient (Wildman–Crippen LogP) is 4.57. The van der Waals surface area contributed by atoms with Crippen molar-refractivity contribution < 1.29 is 50.4 Å². The number of rotatable bonds is 4. The van der Waals surface area contributed by atoms with Crippen molar-refractivity contribution in [3.8, 4) is 28.7 Å². The standard InChI is InChI=1S/C26H25F5N2O6/c1-24(12-35-20-11-22-21(9-16(20)24)38-26(30,31)39-22)23(34)33-17-10-18(13-4-6-32-7-5-13)36-19-8-14(2-3-15(17)19)37-25(27,28)29/h2-3,8-9,11,13,17-18,32H,4-7,10,12H2,1H3,(H,33,34)/t17-,18-,24+/m1/s1. The summed E-state index contributed by atoms with van der Waals surface area (Å²) >= 11 is 0. The van der Waals surface area contributed by atoms with E-state index in [4.69, 9.17) is 9.47 Å². The highest BCUT2D eigenvalue weighted by atomic mass is 19.4. The number of carbonyl (C=O) groups is 1. The van der Waals surface area contributed by atoms with Crippen molar-refractivity contribution in [1.82, 2.24) is 10.6 Å². The molecule has 0 unspecified atom stereocenters. The third kappa shape index (κ3) is 4.88. The number of halogens is 5. The summed E-state index contributed by atoms with van der Waals surface area (Å²) in [4.78, 5) is 13.7. The Morgan fingerprint density at radius 2 is 1.77 bits per heavy atom. The van der Waals surface area contributed by atoms with Gasteiger partial charge in [0.2, 0.25) is 5.91 Å². The Labute approximate surface area is 219 Å². The molecule has 3 atom stereocenters. The van der Waals surface area contributed by atoms with Crippen molar-refractivity contribution in [2.24, 2.45) is 5.92 Å². The first-order valence-corrected chi connectivity index (χ1v) is 12.6. The normalized spacial score (nSPS) is 27.1. The zero-order valence-electron chi connectivity index (χ0n) is 20.7. The zero-order chi connectivity index (χ0) is 27.6. The Bertz CT molecular complexity index is 1300. The highest BCUT2D eigenvalue weighted by Gasteiger charge is 2.49. The highest BCUT2D eigenvalue weighted by molar-refractivity contribution is 5.90. The third-order valence-corrected chi connectivity index (χ3v) is 7.67. The van der Waals surface area contributed by atoms with Crippen LogP contribution in [0.4, 0.5) is 22.0 Å². The molecule has 0 spiro atoms. The Morgan fingerprint density at radius 1 is 1.05 bits per heavy atom. The molecule has 2 aromatic rings. The summed E-state index contributed by atoms with van der Waals surface area (Å²) in [5.74, 6) is -0.693. The van der Waals surface area contributed by atoms with Crippen molar-refractivity contribution >= 4 is 5.91 Å². The number of hydrogen-bond donors (Lipinski definition) is 2. The number of amides is 1. The molecule has 13 heteroatoms. The van der Waals surface area contributed by atoms with E-state index in [0.717, 1.165) is 25.9 Å². The lowest BCUT2D eigenvalue weighted by Crippen LogP contribution is -2.48. The number of piperidine rings is 1. The fourth-order valence-corrected chi connectivity index (χ4v) is 5.65. The average Bonchev–Trinajstić information content (AvgIpc) is 3.36. The second kappa shape index (κ2) is 9.04. The van der Waals surface area contributed by atoms with Gasteiger partial charge >= 0.3 is 12.7 Å². The minimum Gasteiger partial charge on any atom is -0.492 e. The average molecular weight is 556 g/mol. The van der Waals surface area contributed by atoms with Gasteiger partial charge in [-0.15, -0.1) is 22.0 Å². The molecule has 0 radical (unpaired) electrons. The lowest BCUT2D eigenvalue weighted by molar-refractivity contribution is -0.286. The van der Waals surface area contributed by atoms with Crippen molar-refractivity contribution in [2.45, 2.75) is 56.4 Å². The Morgan fingerprint density at radius 3 is 2.49 bits per heavy atom. The van der Waals surface area contributed by atoms with Crippen LogP contribution in [0.2, 0.25) is 0 Å². The van der Waals surface area contributed by atoms with Gasteiger partial charge in [0.05, 0.1) is 6.04 Å². The second-order valence-electron chi connectivity index (χ2n) is 10.3. The number of alkyl halides is 5. The van der Waals surface area contributed by atoms with Crippen molar-refractivity contribution in [1.29, 1.82) is 0 Å². The zero-order valence-corrected chi connectivity index (χ0v) is 20.7. The number of fused-ring (bicyclic) bond motifs is 3. The first kappa shape index (κ1) is 25.8. The van der Waals surface area contributed by atoms with E-state index in [1.54, 1.807) is 6.92 Å². The van der Waals surface area contributed by atoms with Crippen molar-refractivity contribution in [3.05, 3.63) is 41.5 Å². The second-order valence-corrected chi connectivity index (χ2v) is 10.3. The monoisotopic (exact) mass is 556 g/mol. The van der Waals surface area contributed by atoms with Crippen molar-refractivity contribution in [2.75, 3.05) is 19.7 Å². The molecule has 210 valence electrons. The van der Waals surface area contributed by atoms with E-state index in [0.29, 0.717) is 17.5 Å². The molecule has 4 aliphatic heterocycles. The van der Waals surface area contributed by atoms with E-state index < -0.39 is 35.8 Å². The molecule has 39 heavy (non-hydrogen) atoms. The molecular formula is C26H25F5N2O6. The molecule has 1 fully saturated rings. The fourth-order valence-electron chi connectivity index (χ4n) is 5.65. The van der Waals surface area contributed by atoms with E-state index in [1.807, 2.05) is 0 Å². The Hall–Kier alpha value is -3.48. The lowest BCUT2D eigenvalue weighted by Gasteiger charge is -2.39. The summed E-state index contributed by atoms with van der Waals surface area (Å²) in [7, 11) is 0. The van der Waals surface area contributed by atoms with Crippen LogP contribution in [0.15, 0.2) is 30.3 Å². The molecule has 4 heterocycles. The van der Waals surface area contributed by atoms with Crippen LogP contribution in [0.1, 0.15) is 43.4 Å². The molecule has 8 nitrogen and oxygen atoms in total. The highest BCUT2D eigenvalue weighted by Crippen LogP contribution is 2.50. The molecular weight excluding hydrogens is 531 g/mol. The number of carbonyl (C=O) groups excluding carboxylic acids is 1. The van der Waals surface area contributed by atoms with Crippen molar-refractivity contribution in [3.63, 3.8) is 0 Å². The lowest BCUT2D eigenvalue weighted by atomic mass is 9.81. The van der Waals surface area contributed by atoms with Crippen LogP contribution in [0.5, 0.6) is 28.7 Å². The maximum atomic E-state index is 13.7. The van der Waals surface area contributed by atoms with Gasteiger partial charge in [-0.3, -0.25) is 4.79 Å². The first-order valence-electron chi connectivity index (χ1n) is 12.6. The van der Waals surface area contributed by atoms with Gasteiger partial charge in [-0.1, -0.05) is 0 Å². The molecule has 0 saturated carbocycles. The summed E-state index contributed by atoms with van der Waals surface area (Å²) in [5, 5.41) is 6.30. The number of ether oxygens (including phenoxy) is 5. The minimum atomic E-state index is -4.87. The van der Waals surface area contributed by atoms with Gasteiger partial charge in [0.15, 0.2) is 11.5 Å². The van der Waals surface area contributed by atoms with Crippen LogP contribution in [0, 0.1) is 5.92 Å². The fraction of sp³-hybridized carbons (Fsp3) is 0.500. The molecule has 1 amide bonds.